The Morgan fingerprint density at radius 1 is 1.78 bits per heavy atom. The summed E-state index contributed by atoms with van der Waals surface area (Å²) in [6.07, 6.45) is 7.59. The van der Waals surface area contributed by atoms with Crippen molar-refractivity contribution in [3.8, 4) is 12.3 Å². The van der Waals surface area contributed by atoms with Gasteiger partial charge in [0.2, 0.25) is 6.23 Å². The van der Waals surface area contributed by atoms with Gasteiger partial charge in [-0.1, -0.05) is 5.92 Å². The number of urea groups is 1. The maximum atomic E-state index is 11.7. The summed E-state index contributed by atoms with van der Waals surface area (Å²) in [5.74, 6) is 2.37. The second kappa shape index (κ2) is 4.19. The number of nitrogens with two attached hydrogens (primary N) is 1. The molecule has 2 aliphatic rings. The van der Waals surface area contributed by atoms with E-state index in [4.69, 9.17) is 16.9 Å². The van der Waals surface area contributed by atoms with Crippen molar-refractivity contribution in [3.05, 3.63) is 12.3 Å². The fourth-order valence-electron chi connectivity index (χ4n) is 1.98. The lowest BCUT2D eigenvalue weighted by atomic mass is 10.0. The molecule has 7 heteroatoms. The molecule has 0 aromatic carbocycles. The molecule has 1 saturated heterocycles. The zero-order valence-electron chi connectivity index (χ0n) is 9.61. The number of hydrogen-bond donors (Lipinski definition) is 3. The van der Waals surface area contributed by atoms with Crippen LogP contribution in [0.4, 0.5) is 4.79 Å². The van der Waals surface area contributed by atoms with Crippen molar-refractivity contribution in [2.45, 2.75) is 24.7 Å². The number of rotatable bonds is 2. The Bertz CT molecular complexity index is 481. The molecule has 0 saturated carbocycles. The van der Waals surface area contributed by atoms with Crippen molar-refractivity contribution in [1.82, 2.24) is 0 Å². The smallest absolute Gasteiger partial charge is 0.392 e. The first-order valence-electron chi connectivity index (χ1n) is 5.41. The van der Waals surface area contributed by atoms with E-state index in [0.29, 0.717) is 12.8 Å². The van der Waals surface area contributed by atoms with Crippen LogP contribution in [0.25, 0.3) is 0 Å². The van der Waals surface area contributed by atoms with Crippen LogP contribution in [0, 0.1) is 12.3 Å². The van der Waals surface area contributed by atoms with Crippen molar-refractivity contribution < 1.29 is 24.5 Å². The minimum absolute atomic E-state index is 0.0196. The van der Waals surface area contributed by atoms with E-state index in [1.807, 2.05) is 0 Å². The molecule has 4 N–H and O–H groups in total. The molecule has 0 aromatic rings. The highest BCUT2D eigenvalue weighted by Crippen LogP contribution is 2.35. The number of quaternary nitrogens is 1. The maximum absolute atomic E-state index is 11.7. The van der Waals surface area contributed by atoms with Crippen molar-refractivity contribution >= 4 is 11.9 Å². The van der Waals surface area contributed by atoms with Gasteiger partial charge < -0.3 is 15.6 Å². The van der Waals surface area contributed by atoms with Crippen LogP contribution < -0.4 is 5.73 Å². The second-order valence-corrected chi connectivity index (χ2v) is 4.28. The number of hydroxylamine groups is 3. The van der Waals surface area contributed by atoms with Crippen molar-refractivity contribution in [2.24, 2.45) is 10.7 Å². The minimum Gasteiger partial charge on any atom is -0.392 e. The largest absolute Gasteiger partial charge is 0.484 e. The molecule has 0 aliphatic carbocycles. The van der Waals surface area contributed by atoms with Crippen LogP contribution in [-0.4, -0.2) is 45.3 Å². The molecular formula is C11H14N3O4+. The fraction of sp³-hybridized carbons (Fsp3) is 0.455. The summed E-state index contributed by atoms with van der Waals surface area (Å²) < 4.78 is 4.31. The van der Waals surface area contributed by atoms with Gasteiger partial charge in [0, 0.05) is 12.5 Å². The van der Waals surface area contributed by atoms with Gasteiger partial charge in [0.25, 0.3) is 0 Å². The van der Waals surface area contributed by atoms with Gasteiger partial charge >= 0.3 is 6.03 Å². The number of hydrogen-bond acceptors (Lipinski definition) is 5. The number of carbonyl (C=O) groups excluding carboxylic acids is 1. The van der Waals surface area contributed by atoms with E-state index in [2.05, 4.69) is 10.9 Å². The van der Waals surface area contributed by atoms with Gasteiger partial charge in [-0.2, -0.15) is 5.21 Å². The van der Waals surface area contributed by atoms with Crippen LogP contribution in [0.15, 0.2) is 17.3 Å². The first-order chi connectivity index (χ1) is 8.46. The lowest BCUT2D eigenvalue weighted by Crippen LogP contribution is -2.54. The predicted octanol–water partition coefficient (Wildman–Crippen LogP) is -0.302. The monoisotopic (exact) mass is 252 g/mol. The number of aliphatic hydroxyl groups is 1. The average molecular weight is 252 g/mol. The van der Waals surface area contributed by atoms with Crippen LogP contribution >= 0.6 is 0 Å². The van der Waals surface area contributed by atoms with Crippen LogP contribution in [-0.2, 0) is 4.74 Å². The van der Waals surface area contributed by atoms with Gasteiger partial charge in [-0.3, -0.25) is 0 Å². The fourth-order valence-corrected chi connectivity index (χ4v) is 1.98. The quantitative estimate of drug-likeness (QED) is 0.355. The number of ether oxygens (including phenoxy) is 1. The molecule has 0 bridgehead atoms. The van der Waals surface area contributed by atoms with E-state index in [1.54, 1.807) is 0 Å². The second-order valence-electron chi connectivity index (χ2n) is 4.28. The first kappa shape index (κ1) is 12.7. The highest BCUT2D eigenvalue weighted by atomic mass is 16.6. The highest BCUT2D eigenvalue weighted by Gasteiger charge is 2.53. The number of aliphatic hydroxyl groups excluding tert-OH is 1. The number of nitrogens with zero attached hydrogens (tertiary/aromatic N) is 2. The standard InChI is InChI=1S/C11H13N3O4/c1-2-11(7-15)5-3-9(18-11)14(17)6-4-8(12)13-10(14)16/h1,4,6,9,15,17H,3,5,7H2,(H-,12,13,16)/p+1. The van der Waals surface area contributed by atoms with E-state index >= 15 is 0 Å². The van der Waals surface area contributed by atoms with E-state index in [0.717, 1.165) is 0 Å². The molecule has 2 heterocycles. The van der Waals surface area contributed by atoms with Gasteiger partial charge in [0.05, 0.1) is 6.61 Å². The van der Waals surface area contributed by atoms with Crippen LogP contribution in [0.5, 0.6) is 0 Å². The molecule has 2 rings (SSSR count). The number of amidine groups is 1. The van der Waals surface area contributed by atoms with Crippen LogP contribution in [0.2, 0.25) is 0 Å². The van der Waals surface area contributed by atoms with Gasteiger partial charge in [-0.05, 0) is 11.1 Å². The molecule has 1 fully saturated rings. The molecule has 0 aromatic heterocycles. The van der Waals surface area contributed by atoms with Gasteiger partial charge in [-0.15, -0.1) is 11.4 Å². The summed E-state index contributed by atoms with van der Waals surface area (Å²) in [6, 6.07) is -0.842. The van der Waals surface area contributed by atoms with E-state index in [1.165, 1.54) is 12.3 Å². The Balaban J connectivity index is 2.23. The Morgan fingerprint density at radius 2 is 2.50 bits per heavy atom. The zero-order valence-corrected chi connectivity index (χ0v) is 9.61. The summed E-state index contributed by atoms with van der Waals surface area (Å²) in [5.41, 5.74) is 4.21. The van der Waals surface area contributed by atoms with Crippen LogP contribution in [0.3, 0.4) is 0 Å². The lowest BCUT2D eigenvalue weighted by molar-refractivity contribution is -1.03. The molecule has 7 nitrogen and oxygen atoms in total. The van der Waals surface area contributed by atoms with Gasteiger partial charge in [0.1, 0.15) is 12.0 Å². The number of carbonyl (C=O) groups is 1. The molecule has 18 heavy (non-hydrogen) atoms. The molecular weight excluding hydrogens is 238 g/mol. The van der Waals surface area contributed by atoms with E-state index < -0.39 is 22.5 Å². The maximum Gasteiger partial charge on any atom is 0.484 e. The summed E-state index contributed by atoms with van der Waals surface area (Å²) in [5, 5.41) is 19.5. The van der Waals surface area contributed by atoms with Crippen LogP contribution in [0.1, 0.15) is 12.8 Å². The molecule has 3 unspecified atom stereocenters. The summed E-state index contributed by atoms with van der Waals surface area (Å²) in [6.45, 7) is -0.372. The number of aliphatic imine (C=N–C) groups is 1. The van der Waals surface area contributed by atoms with Crippen molar-refractivity contribution in [3.63, 3.8) is 0 Å². The predicted molar refractivity (Wildman–Crippen MR) is 61.0 cm³/mol. The molecule has 2 amide bonds. The first-order valence-corrected chi connectivity index (χ1v) is 5.41. The normalized spacial score (nSPS) is 39.5. The average Bonchev–Trinajstić information content (AvgIpc) is 2.80. The molecule has 0 spiro atoms. The summed E-state index contributed by atoms with van der Waals surface area (Å²) in [4.78, 5) is 15.2. The molecule has 96 valence electrons. The number of terminal acetylenes is 1. The van der Waals surface area contributed by atoms with Gasteiger partial charge in [-0.25, -0.2) is 4.79 Å². The van der Waals surface area contributed by atoms with Gasteiger partial charge in [0.15, 0.2) is 5.60 Å². The van der Waals surface area contributed by atoms with E-state index in [9.17, 15) is 15.1 Å². The Hall–Kier alpha value is -1.72. The zero-order chi connectivity index (χ0) is 13.4. The molecule has 2 aliphatic heterocycles. The molecule has 0 radical (unpaired) electrons. The lowest BCUT2D eigenvalue weighted by Gasteiger charge is -2.29. The molecule has 3 atom stereocenters. The highest BCUT2D eigenvalue weighted by molar-refractivity contribution is 5.99. The Labute approximate surface area is 104 Å². The van der Waals surface area contributed by atoms with Crippen molar-refractivity contribution in [2.75, 3.05) is 6.61 Å². The third-order valence-corrected chi connectivity index (χ3v) is 3.12. The van der Waals surface area contributed by atoms with Crippen molar-refractivity contribution in [1.29, 1.82) is 0 Å². The van der Waals surface area contributed by atoms with E-state index in [-0.39, 0.29) is 12.4 Å². The SMILES string of the molecule is C#CC1(CO)CCC([N+]2(O)C=CC(N)=NC2=O)O1. The Kier molecular flexibility index (Phi) is 2.96. The third kappa shape index (κ3) is 1.81. The Morgan fingerprint density at radius 3 is 3.00 bits per heavy atom. The third-order valence-electron chi connectivity index (χ3n) is 3.12. The topological polar surface area (TPSA) is 105 Å². The minimum atomic E-state index is -1.15. The summed E-state index contributed by atoms with van der Waals surface area (Å²) in [7, 11) is 0. The summed E-state index contributed by atoms with van der Waals surface area (Å²) >= 11 is 0. The number of amides is 2.